The van der Waals surface area contributed by atoms with Crippen LogP contribution in [0.15, 0.2) is 47.6 Å². The number of nitrogens with zero attached hydrogens (tertiary/aromatic N) is 3. The van der Waals surface area contributed by atoms with Gasteiger partial charge < -0.3 is 10.3 Å². The number of imide groups is 1. The highest BCUT2D eigenvalue weighted by Gasteiger charge is 2.35. The predicted octanol–water partition coefficient (Wildman–Crippen LogP) is 1.11. The van der Waals surface area contributed by atoms with Crippen LogP contribution in [0.25, 0.3) is 10.9 Å². The van der Waals surface area contributed by atoms with Gasteiger partial charge in [0.1, 0.15) is 5.69 Å². The van der Waals surface area contributed by atoms with Crippen molar-refractivity contribution >= 4 is 40.7 Å². The summed E-state index contributed by atoms with van der Waals surface area (Å²) in [5.41, 5.74) is 10.3. The number of rotatable bonds is 4. The summed E-state index contributed by atoms with van der Waals surface area (Å²) in [5, 5.41) is 4.42. The smallest absolute Gasteiger partial charge is 0.272 e. The van der Waals surface area contributed by atoms with E-state index in [9.17, 15) is 19.2 Å². The van der Waals surface area contributed by atoms with Gasteiger partial charge in [-0.3, -0.25) is 24.1 Å². The Morgan fingerprint density at radius 2 is 1.60 bits per heavy atom. The summed E-state index contributed by atoms with van der Waals surface area (Å²) in [6.07, 6.45) is 1.38. The van der Waals surface area contributed by atoms with Gasteiger partial charge in [-0.2, -0.15) is 5.10 Å². The Bertz CT molecular complexity index is 1290. The summed E-state index contributed by atoms with van der Waals surface area (Å²) in [6, 6.07) is 11.7. The number of nitrogens with two attached hydrogens (primary N) is 1. The number of fused-ring (bicyclic) bond motifs is 1. The van der Waals surface area contributed by atoms with Crippen LogP contribution in [-0.4, -0.2) is 45.9 Å². The molecular formula is C21H15N5O4. The van der Waals surface area contributed by atoms with Crippen LogP contribution >= 0.6 is 0 Å². The number of carbonyl (C=O) groups excluding carboxylic acids is 4. The Balaban J connectivity index is 1.59. The van der Waals surface area contributed by atoms with Crippen LogP contribution in [0, 0.1) is 0 Å². The van der Waals surface area contributed by atoms with Gasteiger partial charge in [-0.25, -0.2) is 5.43 Å². The van der Waals surface area contributed by atoms with Crippen LogP contribution < -0.4 is 11.2 Å². The zero-order chi connectivity index (χ0) is 21.0. The summed E-state index contributed by atoms with van der Waals surface area (Å²) in [7, 11) is 0. The number of nitrogens with one attached hydrogen (secondary N) is 1. The molecule has 2 aromatic carbocycles. The lowest BCUT2D eigenvalue weighted by Crippen LogP contribution is -2.33. The van der Waals surface area contributed by atoms with Crippen molar-refractivity contribution in [3.63, 3.8) is 0 Å². The molecule has 1 aromatic heterocycles. The number of hydrogen-bond donors (Lipinski definition) is 2. The van der Waals surface area contributed by atoms with Gasteiger partial charge in [-0.1, -0.05) is 18.2 Å². The van der Waals surface area contributed by atoms with Crippen molar-refractivity contribution in [1.29, 1.82) is 0 Å². The highest BCUT2D eigenvalue weighted by atomic mass is 16.2. The molecule has 2 aliphatic rings. The third-order valence-electron chi connectivity index (χ3n) is 5.39. The summed E-state index contributed by atoms with van der Waals surface area (Å²) < 4.78 is 1.63. The Kier molecular flexibility index (Phi) is 3.78. The number of hydrazone groups is 1. The summed E-state index contributed by atoms with van der Waals surface area (Å²) in [4.78, 5) is 51.1. The lowest BCUT2D eigenvalue weighted by atomic mass is 10.1. The molecule has 0 saturated heterocycles. The lowest BCUT2D eigenvalue weighted by molar-refractivity contribution is 0.0649. The molecule has 0 saturated carbocycles. The minimum Gasteiger partial charge on any atom is -0.364 e. The summed E-state index contributed by atoms with van der Waals surface area (Å²) >= 11 is 0. The van der Waals surface area contributed by atoms with Gasteiger partial charge in [0.2, 0.25) is 0 Å². The zero-order valence-corrected chi connectivity index (χ0v) is 15.6. The second-order valence-electron chi connectivity index (χ2n) is 6.98. The van der Waals surface area contributed by atoms with Gasteiger partial charge in [0, 0.05) is 24.0 Å². The summed E-state index contributed by atoms with van der Waals surface area (Å²) in [6.45, 7) is 0.183. The van der Waals surface area contributed by atoms with Gasteiger partial charge in [0.05, 0.1) is 28.4 Å². The van der Waals surface area contributed by atoms with E-state index in [1.54, 1.807) is 47.0 Å². The van der Waals surface area contributed by atoms with Crippen molar-refractivity contribution in [1.82, 2.24) is 14.9 Å². The van der Waals surface area contributed by atoms with Gasteiger partial charge in [0.25, 0.3) is 23.6 Å². The molecule has 9 nitrogen and oxygen atoms in total. The molecule has 3 aromatic rings. The number of amides is 4. The van der Waals surface area contributed by atoms with Crippen molar-refractivity contribution in [2.45, 2.75) is 6.54 Å². The molecule has 0 fully saturated rings. The quantitative estimate of drug-likeness (QED) is 0.635. The molecule has 30 heavy (non-hydrogen) atoms. The predicted molar refractivity (Wildman–Crippen MR) is 107 cm³/mol. The molecule has 0 atom stereocenters. The van der Waals surface area contributed by atoms with E-state index in [2.05, 4.69) is 10.5 Å². The molecule has 0 aliphatic carbocycles. The fourth-order valence-corrected chi connectivity index (χ4v) is 4.10. The topological polar surface area (TPSA) is 127 Å². The molecular weight excluding hydrogens is 386 g/mol. The third-order valence-corrected chi connectivity index (χ3v) is 5.39. The van der Waals surface area contributed by atoms with E-state index < -0.39 is 11.8 Å². The largest absolute Gasteiger partial charge is 0.364 e. The van der Waals surface area contributed by atoms with Gasteiger partial charge >= 0.3 is 0 Å². The minimum atomic E-state index is -0.699. The van der Waals surface area contributed by atoms with E-state index in [1.807, 2.05) is 0 Å². The van der Waals surface area contributed by atoms with Crippen molar-refractivity contribution in [2.75, 3.05) is 6.54 Å². The van der Waals surface area contributed by atoms with Crippen LogP contribution in [0.3, 0.4) is 0 Å². The maximum Gasteiger partial charge on any atom is 0.272 e. The van der Waals surface area contributed by atoms with Crippen molar-refractivity contribution in [2.24, 2.45) is 10.8 Å². The van der Waals surface area contributed by atoms with Gasteiger partial charge in [0.15, 0.2) is 0 Å². The maximum atomic E-state index is 12.7. The van der Waals surface area contributed by atoms with E-state index in [0.29, 0.717) is 33.2 Å². The van der Waals surface area contributed by atoms with E-state index in [1.165, 1.54) is 6.21 Å². The molecule has 4 amide bonds. The Hall–Kier alpha value is -4.27. The normalized spacial score (nSPS) is 14.8. The van der Waals surface area contributed by atoms with Crippen molar-refractivity contribution in [3.8, 4) is 0 Å². The highest BCUT2D eigenvalue weighted by Crippen LogP contribution is 2.30. The SMILES string of the molecule is NC(=O)c1c2c3c(cccc3n1CCN1C(=O)c3ccccc3C1=O)C(=O)NN=C2. The number of hydrogen-bond acceptors (Lipinski definition) is 5. The number of carbonyl (C=O) groups is 4. The molecule has 2 aliphatic heterocycles. The number of aromatic nitrogens is 1. The molecule has 0 bridgehead atoms. The number of benzene rings is 2. The Morgan fingerprint density at radius 1 is 0.933 bits per heavy atom. The molecule has 148 valence electrons. The molecule has 0 radical (unpaired) electrons. The van der Waals surface area contributed by atoms with Crippen molar-refractivity contribution < 1.29 is 19.2 Å². The molecule has 0 unspecified atom stereocenters. The third kappa shape index (κ3) is 2.38. The second kappa shape index (κ2) is 6.38. The van der Waals surface area contributed by atoms with Crippen molar-refractivity contribution in [3.05, 3.63) is 70.4 Å². The fraction of sp³-hybridized carbons (Fsp3) is 0.0952. The first kappa shape index (κ1) is 17.8. The van der Waals surface area contributed by atoms with Crippen LogP contribution in [0.1, 0.15) is 47.1 Å². The maximum absolute atomic E-state index is 12.7. The van der Waals surface area contributed by atoms with Gasteiger partial charge in [-0.15, -0.1) is 0 Å². The first-order valence-electron chi connectivity index (χ1n) is 9.22. The lowest BCUT2D eigenvalue weighted by Gasteiger charge is -2.16. The monoisotopic (exact) mass is 401 g/mol. The average molecular weight is 401 g/mol. The van der Waals surface area contributed by atoms with Crippen LogP contribution in [0.5, 0.6) is 0 Å². The Labute approximate surface area is 169 Å². The first-order chi connectivity index (χ1) is 14.5. The average Bonchev–Trinajstić information content (AvgIpc) is 3.11. The van der Waals surface area contributed by atoms with Crippen LogP contribution in [0.4, 0.5) is 0 Å². The van der Waals surface area contributed by atoms with Crippen LogP contribution in [-0.2, 0) is 6.54 Å². The molecule has 0 spiro atoms. The van der Waals surface area contributed by atoms with E-state index >= 15 is 0 Å². The highest BCUT2D eigenvalue weighted by molar-refractivity contribution is 6.21. The van der Waals surface area contributed by atoms with Gasteiger partial charge in [-0.05, 0) is 24.3 Å². The Morgan fingerprint density at radius 3 is 2.27 bits per heavy atom. The molecule has 3 heterocycles. The van der Waals surface area contributed by atoms with E-state index in [4.69, 9.17) is 5.73 Å². The zero-order valence-electron chi connectivity index (χ0n) is 15.6. The molecule has 9 heteroatoms. The molecule has 3 N–H and O–H groups in total. The summed E-state index contributed by atoms with van der Waals surface area (Å²) in [5.74, 6) is -1.86. The van der Waals surface area contributed by atoms with E-state index in [-0.39, 0.29) is 30.6 Å². The van der Waals surface area contributed by atoms with E-state index in [0.717, 1.165) is 4.90 Å². The standard InChI is InChI=1S/C21H15N5O4/c22-18(27)17-14-10-23-24-19(28)13-6-3-7-15(16(13)14)25(17)8-9-26-20(29)11-4-1-2-5-12(11)21(26)30/h1-7,10H,8-9H2,(H2,22,27)(H,24,28). The minimum absolute atomic E-state index is 0.0451. The number of primary amides is 1. The second-order valence-corrected chi connectivity index (χ2v) is 6.98. The molecule has 5 rings (SSSR count). The first-order valence-corrected chi connectivity index (χ1v) is 9.22. The van der Waals surface area contributed by atoms with Crippen LogP contribution in [0.2, 0.25) is 0 Å². The fourth-order valence-electron chi connectivity index (χ4n) is 4.10.